The second kappa shape index (κ2) is 3.65. The van der Waals surface area contributed by atoms with Gasteiger partial charge in [0.2, 0.25) is 5.91 Å². The Hall–Kier alpha value is -1.92. The predicted molar refractivity (Wildman–Crippen MR) is 44.1 cm³/mol. The fourth-order valence-corrected chi connectivity index (χ4v) is 0.894. The molecule has 0 saturated heterocycles. The van der Waals surface area contributed by atoms with Crippen molar-refractivity contribution < 1.29 is 9.83 Å². The van der Waals surface area contributed by atoms with E-state index < -0.39 is 5.03 Å². The number of nitrogens with zero attached hydrogens (tertiary/aromatic N) is 3. The van der Waals surface area contributed by atoms with E-state index in [1.165, 1.54) is 18.0 Å². The lowest BCUT2D eigenvalue weighted by Crippen LogP contribution is -2.45. The number of hydrazone groups is 1. The topological polar surface area (TPSA) is 87.8 Å². The van der Waals surface area contributed by atoms with Crippen molar-refractivity contribution in [1.82, 2.24) is 10.2 Å². The number of guanidine groups is 1. The van der Waals surface area contributed by atoms with Crippen LogP contribution in [0.1, 0.15) is 6.92 Å². The van der Waals surface area contributed by atoms with Gasteiger partial charge in [0.05, 0.1) is 0 Å². The van der Waals surface area contributed by atoms with Gasteiger partial charge in [-0.1, -0.05) is 0 Å². The third-order valence-corrected chi connectivity index (χ3v) is 1.43. The summed E-state index contributed by atoms with van der Waals surface area (Å²) in [6, 6.07) is 0. The van der Waals surface area contributed by atoms with Crippen molar-refractivity contribution in [2.45, 2.75) is 6.92 Å². The smallest absolute Gasteiger partial charge is 0.282 e. The van der Waals surface area contributed by atoms with E-state index in [9.17, 15) is 14.9 Å². The van der Waals surface area contributed by atoms with E-state index >= 15 is 0 Å². The van der Waals surface area contributed by atoms with Crippen LogP contribution in [0.15, 0.2) is 17.4 Å². The lowest BCUT2D eigenvalue weighted by molar-refractivity contribution is -0.485. The van der Waals surface area contributed by atoms with Gasteiger partial charge < -0.3 is 5.32 Å². The standard InChI is InChI=1S/C6H8N4O3/c1-5(11)9-4-2-3-7-6(9)8-10(12)13/h2-3H,4H2,1H3,(H,7,8). The molecule has 0 spiro atoms. The van der Waals surface area contributed by atoms with Crippen molar-refractivity contribution in [3.63, 3.8) is 0 Å². The molecule has 1 amide bonds. The number of nitro groups is 1. The number of rotatable bonds is 1. The average Bonchev–Trinajstić information content (AvgIpc) is 2.03. The molecule has 0 aliphatic carbocycles. The van der Waals surface area contributed by atoms with Crippen molar-refractivity contribution in [3.8, 4) is 0 Å². The predicted octanol–water partition coefficient (Wildman–Crippen LogP) is -0.500. The van der Waals surface area contributed by atoms with Crippen LogP contribution in [-0.4, -0.2) is 28.3 Å². The van der Waals surface area contributed by atoms with Gasteiger partial charge in [-0.2, -0.15) is 0 Å². The van der Waals surface area contributed by atoms with Gasteiger partial charge in [0.1, 0.15) is 5.10 Å². The number of nitrogens with one attached hydrogen (secondary N) is 1. The van der Waals surface area contributed by atoms with Gasteiger partial charge in [-0.15, -0.1) is 0 Å². The first kappa shape index (κ1) is 9.17. The number of carbonyl (C=O) groups excluding carboxylic acids is 1. The van der Waals surface area contributed by atoms with E-state index in [0.29, 0.717) is 6.54 Å². The van der Waals surface area contributed by atoms with Crippen LogP contribution in [-0.2, 0) is 4.79 Å². The Morgan fingerprint density at radius 1 is 1.85 bits per heavy atom. The zero-order chi connectivity index (χ0) is 9.84. The Labute approximate surface area is 73.9 Å². The minimum atomic E-state index is -0.850. The Kier molecular flexibility index (Phi) is 2.58. The Balaban J connectivity index is 2.87. The van der Waals surface area contributed by atoms with E-state index in [1.807, 2.05) is 0 Å². The maximum Gasteiger partial charge on any atom is 0.282 e. The zero-order valence-electron chi connectivity index (χ0n) is 6.93. The summed E-state index contributed by atoms with van der Waals surface area (Å²) < 4.78 is 0. The molecule has 0 bridgehead atoms. The molecule has 0 saturated carbocycles. The average molecular weight is 184 g/mol. The maximum absolute atomic E-state index is 10.9. The normalized spacial score (nSPS) is 18.5. The quantitative estimate of drug-likeness (QED) is 0.439. The van der Waals surface area contributed by atoms with Crippen LogP contribution in [0.3, 0.4) is 0 Å². The monoisotopic (exact) mass is 184 g/mol. The van der Waals surface area contributed by atoms with E-state index in [-0.39, 0.29) is 11.9 Å². The van der Waals surface area contributed by atoms with Gasteiger partial charge in [-0.25, -0.2) is 10.1 Å². The van der Waals surface area contributed by atoms with E-state index in [2.05, 4.69) is 10.4 Å². The third kappa shape index (κ3) is 2.26. The summed E-state index contributed by atoms with van der Waals surface area (Å²) >= 11 is 0. The molecule has 0 unspecified atom stereocenters. The lowest BCUT2D eigenvalue weighted by atomic mass is 10.4. The van der Waals surface area contributed by atoms with Crippen molar-refractivity contribution in [3.05, 3.63) is 22.4 Å². The Morgan fingerprint density at radius 3 is 3.08 bits per heavy atom. The van der Waals surface area contributed by atoms with E-state index in [0.717, 1.165) is 0 Å². The summed E-state index contributed by atoms with van der Waals surface area (Å²) in [4.78, 5) is 22.2. The van der Waals surface area contributed by atoms with Gasteiger partial charge in [0.25, 0.3) is 5.96 Å². The summed E-state index contributed by atoms with van der Waals surface area (Å²) in [5.41, 5.74) is 0. The first-order valence-electron chi connectivity index (χ1n) is 3.54. The molecule has 0 fully saturated rings. The molecule has 1 rings (SSSR count). The van der Waals surface area contributed by atoms with Crippen LogP contribution in [0.4, 0.5) is 0 Å². The fraction of sp³-hybridized carbons (Fsp3) is 0.333. The van der Waals surface area contributed by atoms with Crippen molar-refractivity contribution in [1.29, 1.82) is 0 Å². The molecule has 7 heteroatoms. The van der Waals surface area contributed by atoms with Crippen LogP contribution in [0.2, 0.25) is 0 Å². The molecule has 7 nitrogen and oxygen atoms in total. The highest BCUT2D eigenvalue weighted by atomic mass is 16.7. The molecule has 0 atom stereocenters. The number of carbonyl (C=O) groups is 1. The number of hydrogen-bond acceptors (Lipinski definition) is 3. The first-order valence-corrected chi connectivity index (χ1v) is 3.54. The molecule has 0 aromatic heterocycles. The van der Waals surface area contributed by atoms with Gasteiger partial charge >= 0.3 is 0 Å². The molecule has 1 heterocycles. The van der Waals surface area contributed by atoms with Gasteiger partial charge in [0.15, 0.2) is 5.03 Å². The molecule has 70 valence electrons. The van der Waals surface area contributed by atoms with Gasteiger partial charge in [-0.3, -0.25) is 9.69 Å². The zero-order valence-corrected chi connectivity index (χ0v) is 6.93. The van der Waals surface area contributed by atoms with E-state index in [4.69, 9.17) is 0 Å². The van der Waals surface area contributed by atoms with Crippen LogP contribution in [0.25, 0.3) is 0 Å². The Morgan fingerprint density at radius 2 is 2.54 bits per heavy atom. The number of hydrogen-bond donors (Lipinski definition) is 1. The summed E-state index contributed by atoms with van der Waals surface area (Å²) in [7, 11) is 0. The first-order chi connectivity index (χ1) is 6.11. The molecule has 1 aliphatic rings. The molecular weight excluding hydrogens is 176 g/mol. The molecule has 1 aliphatic heterocycles. The second-order valence-electron chi connectivity index (χ2n) is 2.34. The van der Waals surface area contributed by atoms with Crippen LogP contribution in [0.5, 0.6) is 0 Å². The summed E-state index contributed by atoms with van der Waals surface area (Å²) in [5.74, 6) is -0.350. The maximum atomic E-state index is 10.9. The molecule has 13 heavy (non-hydrogen) atoms. The van der Waals surface area contributed by atoms with Crippen LogP contribution >= 0.6 is 0 Å². The summed E-state index contributed by atoms with van der Waals surface area (Å²) in [6.45, 7) is 1.62. The molecule has 1 N–H and O–H groups in total. The highest BCUT2D eigenvalue weighted by Gasteiger charge is 2.19. The van der Waals surface area contributed by atoms with E-state index in [1.54, 1.807) is 6.08 Å². The van der Waals surface area contributed by atoms with Crippen molar-refractivity contribution in [2.75, 3.05) is 6.54 Å². The van der Waals surface area contributed by atoms with Crippen LogP contribution in [0, 0.1) is 10.1 Å². The van der Waals surface area contributed by atoms with Crippen LogP contribution < -0.4 is 5.32 Å². The number of amides is 1. The van der Waals surface area contributed by atoms with Gasteiger partial charge in [-0.05, 0) is 6.08 Å². The largest absolute Gasteiger partial charge is 0.327 e. The second-order valence-corrected chi connectivity index (χ2v) is 2.34. The molecule has 0 radical (unpaired) electrons. The highest BCUT2D eigenvalue weighted by molar-refractivity contribution is 5.96. The highest BCUT2D eigenvalue weighted by Crippen LogP contribution is 1.97. The minimum absolute atomic E-state index is 0.0556. The fourth-order valence-electron chi connectivity index (χ4n) is 0.894. The minimum Gasteiger partial charge on any atom is -0.327 e. The molecule has 0 aromatic carbocycles. The lowest BCUT2D eigenvalue weighted by Gasteiger charge is -2.21. The molecule has 0 aromatic rings. The SMILES string of the molecule is CC(=O)N1CC=CNC1=N[N+](=O)[O-]. The summed E-state index contributed by atoms with van der Waals surface area (Å²) in [5, 5.41) is 14.7. The van der Waals surface area contributed by atoms with Crippen molar-refractivity contribution in [2.24, 2.45) is 5.10 Å². The third-order valence-electron chi connectivity index (χ3n) is 1.43. The Bertz CT molecular complexity index is 296. The summed E-state index contributed by atoms with van der Waals surface area (Å²) in [6.07, 6.45) is 3.17. The molecular formula is C6H8N4O3. The van der Waals surface area contributed by atoms with Crippen molar-refractivity contribution >= 4 is 11.9 Å². The van der Waals surface area contributed by atoms with Gasteiger partial charge in [0, 0.05) is 19.7 Å².